The second-order valence-electron chi connectivity index (χ2n) is 8.94. The number of rotatable bonds is 8. The summed E-state index contributed by atoms with van der Waals surface area (Å²) in [6.07, 6.45) is -8.66. The number of alkyl halides is 8. The minimum absolute atomic E-state index is 0.185. The van der Waals surface area contributed by atoms with Gasteiger partial charge in [0.2, 0.25) is 10.0 Å². The van der Waals surface area contributed by atoms with E-state index in [9.17, 15) is 61.5 Å². The number of amides is 1. The second-order valence-corrected chi connectivity index (χ2v) is 12.1. The zero-order valence-electron chi connectivity index (χ0n) is 17.7. The van der Waals surface area contributed by atoms with Crippen LogP contribution in [0.5, 0.6) is 0 Å². The predicted molar refractivity (Wildman–Crippen MR) is 97.8 cm³/mol. The van der Waals surface area contributed by atoms with Crippen molar-refractivity contribution in [1.82, 2.24) is 4.72 Å². The minimum atomic E-state index is -6.92. The number of sulfonamides is 1. The van der Waals surface area contributed by atoms with Gasteiger partial charge in [0, 0.05) is 5.41 Å². The summed E-state index contributed by atoms with van der Waals surface area (Å²) in [5.74, 6) is -20.9. The Morgan fingerprint density at radius 1 is 1.09 bits per heavy atom. The zero-order chi connectivity index (χ0) is 27.6. The number of hydrogen-bond acceptors (Lipinski definition) is 7. The van der Waals surface area contributed by atoms with E-state index in [1.54, 1.807) is 0 Å². The Morgan fingerprint density at radius 3 is 2.03 bits per heavy atom. The van der Waals surface area contributed by atoms with Crippen molar-refractivity contribution in [2.24, 2.45) is 16.7 Å². The Bertz CT molecular complexity index is 1110. The molecule has 2 fully saturated rings. The molecule has 2 N–H and O–H groups in total. The number of carbonyl (C=O) groups is 2. The smallest absolute Gasteiger partial charge is 0.459 e. The van der Waals surface area contributed by atoms with E-state index in [1.807, 2.05) is 0 Å². The molecule has 19 heteroatoms. The number of ether oxygens (including phenoxy) is 1. The van der Waals surface area contributed by atoms with Gasteiger partial charge in [0.15, 0.2) is 0 Å². The van der Waals surface area contributed by atoms with Crippen LogP contribution in [0.2, 0.25) is 0 Å². The molecule has 0 aromatic carbocycles. The van der Waals surface area contributed by atoms with Crippen molar-refractivity contribution < 1.29 is 70.8 Å². The Kier molecular flexibility index (Phi) is 7.06. The van der Waals surface area contributed by atoms with Crippen LogP contribution in [0.3, 0.4) is 0 Å². The molecule has 0 aromatic heterocycles. The van der Waals surface area contributed by atoms with E-state index in [-0.39, 0.29) is 19.3 Å². The van der Waals surface area contributed by atoms with Gasteiger partial charge in [0.25, 0.3) is 0 Å². The highest BCUT2D eigenvalue weighted by Crippen LogP contribution is 2.67. The monoisotopic (exact) mass is 569 g/mol. The third-order valence-electron chi connectivity index (χ3n) is 6.79. The van der Waals surface area contributed by atoms with Crippen LogP contribution in [0.25, 0.3) is 0 Å². The molecular weight excluding hydrogens is 550 g/mol. The molecule has 0 aromatic rings. The molecule has 0 radical (unpaired) electrons. The van der Waals surface area contributed by atoms with Crippen LogP contribution in [0.1, 0.15) is 33.1 Å². The van der Waals surface area contributed by atoms with Crippen molar-refractivity contribution in [2.75, 3.05) is 5.75 Å². The molecule has 35 heavy (non-hydrogen) atoms. The van der Waals surface area contributed by atoms with Crippen LogP contribution < -0.4 is 4.72 Å². The van der Waals surface area contributed by atoms with Gasteiger partial charge in [-0.2, -0.15) is 39.2 Å². The molecule has 4 atom stereocenters. The van der Waals surface area contributed by atoms with Crippen LogP contribution in [0.15, 0.2) is 0 Å². The predicted octanol–water partition coefficient (Wildman–Crippen LogP) is 2.19. The normalized spacial score (nSPS) is 28.0. The lowest BCUT2D eigenvalue weighted by molar-refractivity contribution is -0.343. The van der Waals surface area contributed by atoms with Gasteiger partial charge < -0.3 is 4.74 Å². The topological polar surface area (TPSA) is 144 Å². The molecule has 2 saturated carbocycles. The summed E-state index contributed by atoms with van der Waals surface area (Å²) in [6.45, 7) is 2.83. The van der Waals surface area contributed by atoms with Gasteiger partial charge in [-0.3, -0.25) is 9.35 Å². The van der Waals surface area contributed by atoms with E-state index in [0.717, 1.165) is 0 Å². The number of halogens is 8. The van der Waals surface area contributed by atoms with Crippen LogP contribution >= 0.6 is 0 Å². The van der Waals surface area contributed by atoms with E-state index >= 15 is 0 Å². The van der Waals surface area contributed by atoms with Gasteiger partial charge in [-0.25, -0.2) is 22.3 Å². The van der Waals surface area contributed by atoms with E-state index in [0.29, 0.717) is 4.72 Å². The molecule has 0 heterocycles. The highest BCUT2D eigenvalue weighted by atomic mass is 32.2. The summed E-state index contributed by atoms with van der Waals surface area (Å²) in [6, 6.07) is 0. The Balaban J connectivity index is 2.35. The highest BCUT2D eigenvalue weighted by molar-refractivity contribution is 7.90. The molecule has 4 unspecified atom stereocenters. The molecule has 0 saturated heterocycles. The molecule has 1 amide bonds. The third kappa shape index (κ3) is 4.82. The fraction of sp³-hybridized carbons (Fsp3) is 0.875. The summed E-state index contributed by atoms with van der Waals surface area (Å²) < 4.78 is 164. The van der Waals surface area contributed by atoms with Gasteiger partial charge in [0.05, 0.1) is 5.75 Å². The number of hydrogen-bond donors (Lipinski definition) is 2. The van der Waals surface area contributed by atoms with Gasteiger partial charge in [-0.05, 0) is 30.6 Å². The average Bonchev–Trinajstić information content (AvgIpc) is 2.99. The molecule has 204 valence electrons. The van der Waals surface area contributed by atoms with Crippen LogP contribution in [-0.2, 0) is 34.5 Å². The summed E-state index contributed by atoms with van der Waals surface area (Å²) in [5.41, 5.74) is -6.56. The number of fused-ring (bicyclic) bond motifs is 2. The highest BCUT2D eigenvalue weighted by Gasteiger charge is 2.77. The lowest BCUT2D eigenvalue weighted by Crippen LogP contribution is -2.61. The SMILES string of the molecule is CC1(C)C2CCC1(CS(=O)(=O)NC(=O)C(F)(F)C(F)(F)C(F)(F)F)C(OC(=O)C(F)S(=O)(=O)O)C2. The van der Waals surface area contributed by atoms with Crippen molar-refractivity contribution in [2.45, 2.75) is 62.7 Å². The average molecular weight is 569 g/mol. The first-order chi connectivity index (χ1) is 15.3. The molecule has 0 spiro atoms. The van der Waals surface area contributed by atoms with Gasteiger partial charge >= 0.3 is 45.5 Å². The largest absolute Gasteiger partial charge is 0.460 e. The van der Waals surface area contributed by atoms with Crippen molar-refractivity contribution in [1.29, 1.82) is 0 Å². The quantitative estimate of drug-likeness (QED) is 0.257. The van der Waals surface area contributed by atoms with Crippen LogP contribution in [0.4, 0.5) is 35.1 Å². The number of carbonyl (C=O) groups excluding carboxylic acids is 2. The first-order valence-electron chi connectivity index (χ1n) is 9.51. The summed E-state index contributed by atoms with van der Waals surface area (Å²) in [5, 5.41) is 0. The fourth-order valence-electron chi connectivity index (χ4n) is 4.72. The number of nitrogens with one attached hydrogen (secondary N) is 1. The van der Waals surface area contributed by atoms with E-state index < -0.39 is 84.1 Å². The third-order valence-corrected chi connectivity index (χ3v) is 8.90. The van der Waals surface area contributed by atoms with Crippen molar-refractivity contribution in [3.63, 3.8) is 0 Å². The summed E-state index contributed by atoms with van der Waals surface area (Å²) in [4.78, 5) is 23.3. The Labute approximate surface area is 193 Å². The van der Waals surface area contributed by atoms with Gasteiger partial charge in [0.1, 0.15) is 6.10 Å². The molecular formula is C16H19F8NO8S2. The maximum atomic E-state index is 13.6. The number of esters is 1. The molecule has 2 rings (SSSR count). The first-order valence-corrected chi connectivity index (χ1v) is 12.7. The van der Waals surface area contributed by atoms with Gasteiger partial charge in [-0.1, -0.05) is 13.8 Å². The minimum Gasteiger partial charge on any atom is -0.459 e. The Hall–Kier alpha value is -1.76. The van der Waals surface area contributed by atoms with E-state index in [4.69, 9.17) is 9.29 Å². The summed E-state index contributed by atoms with van der Waals surface area (Å²) >= 11 is 0. The second kappa shape index (κ2) is 8.39. The maximum absolute atomic E-state index is 13.6. The van der Waals surface area contributed by atoms with Crippen LogP contribution in [-0.4, -0.2) is 68.6 Å². The molecule has 2 aliphatic carbocycles. The van der Waals surface area contributed by atoms with Gasteiger partial charge in [-0.15, -0.1) is 0 Å². The lowest BCUT2D eigenvalue weighted by atomic mass is 9.69. The standard InChI is InChI=1S/C16H19F8NO8S2/c1-12(2)7-3-4-13(12,8(5-7)33-10(26)9(17)35(30,31)32)6-34(28,29)25-11(27)14(18,19)15(20,21)16(22,23)24/h7-9H,3-6H2,1-2H3,(H,25,27)(H,30,31,32). The Morgan fingerprint density at radius 2 is 1.60 bits per heavy atom. The van der Waals surface area contributed by atoms with Crippen molar-refractivity contribution >= 4 is 32.0 Å². The molecule has 2 bridgehead atoms. The summed E-state index contributed by atoms with van der Waals surface area (Å²) in [7, 11) is -11.0. The lowest BCUT2D eigenvalue weighted by Gasteiger charge is -2.41. The van der Waals surface area contributed by atoms with E-state index in [1.165, 1.54) is 13.8 Å². The zero-order valence-corrected chi connectivity index (χ0v) is 19.3. The maximum Gasteiger partial charge on any atom is 0.460 e. The molecule has 9 nitrogen and oxygen atoms in total. The molecule has 0 aliphatic heterocycles. The first kappa shape index (κ1) is 29.5. The van der Waals surface area contributed by atoms with Crippen molar-refractivity contribution in [3.05, 3.63) is 0 Å². The van der Waals surface area contributed by atoms with Crippen LogP contribution in [0, 0.1) is 16.7 Å². The van der Waals surface area contributed by atoms with E-state index in [2.05, 4.69) is 0 Å². The fourth-order valence-corrected chi connectivity index (χ4v) is 6.88. The molecule has 2 aliphatic rings. The van der Waals surface area contributed by atoms with Crippen molar-refractivity contribution in [3.8, 4) is 0 Å².